The van der Waals surface area contributed by atoms with E-state index in [0.29, 0.717) is 12.8 Å². The molecular formula is C27H45N3O4. The number of benzene rings is 1. The van der Waals surface area contributed by atoms with Crippen LogP contribution < -0.4 is 10.6 Å². The topological polar surface area (TPSA) is 87.7 Å². The first-order chi connectivity index (χ1) is 15.6. The van der Waals surface area contributed by atoms with Crippen molar-refractivity contribution in [2.24, 2.45) is 5.92 Å². The first-order valence-corrected chi connectivity index (χ1v) is 12.3. The van der Waals surface area contributed by atoms with Gasteiger partial charge in [-0.3, -0.25) is 9.59 Å². The maximum Gasteiger partial charge on any atom is 0.408 e. The summed E-state index contributed by atoms with van der Waals surface area (Å²) in [5.74, 6) is -0.726. The lowest BCUT2D eigenvalue weighted by Gasteiger charge is -2.45. The number of alkyl carbamates (subject to hydrolysis) is 1. The summed E-state index contributed by atoms with van der Waals surface area (Å²) in [7, 11) is 0. The Morgan fingerprint density at radius 1 is 0.941 bits per heavy atom. The SMILES string of the molecule is CCC(C)C(NC(=O)OC(C)(C)C)C(=O)N(C(C(=O)NC(C)C)c1ccccc1)C(C)(C)CC. The molecular weight excluding hydrogens is 430 g/mol. The molecule has 0 spiro atoms. The number of amides is 3. The van der Waals surface area contributed by atoms with Crippen molar-refractivity contribution in [3.8, 4) is 0 Å². The zero-order valence-corrected chi connectivity index (χ0v) is 22.7. The smallest absolute Gasteiger partial charge is 0.408 e. The van der Waals surface area contributed by atoms with Crippen LogP contribution in [0.15, 0.2) is 30.3 Å². The molecule has 3 amide bonds. The molecule has 0 fully saturated rings. The van der Waals surface area contributed by atoms with Gasteiger partial charge in [0.25, 0.3) is 0 Å². The molecule has 0 bridgehead atoms. The first-order valence-electron chi connectivity index (χ1n) is 12.3. The number of carbonyl (C=O) groups excluding carboxylic acids is 3. The number of nitrogens with one attached hydrogen (secondary N) is 2. The normalized spacial score (nSPS) is 14.7. The van der Waals surface area contributed by atoms with Crippen LogP contribution in [0.4, 0.5) is 4.79 Å². The second kappa shape index (κ2) is 12.2. The molecule has 192 valence electrons. The van der Waals surface area contributed by atoms with Crippen LogP contribution >= 0.6 is 0 Å². The van der Waals surface area contributed by atoms with Gasteiger partial charge in [-0.05, 0) is 66.4 Å². The van der Waals surface area contributed by atoms with Crippen molar-refractivity contribution in [1.82, 2.24) is 15.5 Å². The largest absolute Gasteiger partial charge is 0.444 e. The number of ether oxygens (including phenoxy) is 1. The van der Waals surface area contributed by atoms with Crippen LogP contribution in [0.5, 0.6) is 0 Å². The third kappa shape index (κ3) is 8.33. The summed E-state index contributed by atoms with van der Waals surface area (Å²) < 4.78 is 5.45. The van der Waals surface area contributed by atoms with Crippen molar-refractivity contribution in [1.29, 1.82) is 0 Å². The van der Waals surface area contributed by atoms with Crippen LogP contribution in [0.1, 0.15) is 93.7 Å². The van der Waals surface area contributed by atoms with Gasteiger partial charge in [-0.2, -0.15) is 0 Å². The molecule has 0 aromatic heterocycles. The van der Waals surface area contributed by atoms with Gasteiger partial charge in [0.1, 0.15) is 17.7 Å². The summed E-state index contributed by atoms with van der Waals surface area (Å²) in [6, 6.07) is 7.53. The van der Waals surface area contributed by atoms with E-state index in [0.717, 1.165) is 5.56 Å². The summed E-state index contributed by atoms with van der Waals surface area (Å²) in [5, 5.41) is 5.78. The van der Waals surface area contributed by atoms with Gasteiger partial charge in [0.15, 0.2) is 0 Å². The summed E-state index contributed by atoms with van der Waals surface area (Å²) in [5.41, 5.74) is -0.636. The van der Waals surface area contributed by atoms with Gasteiger partial charge in [-0.15, -0.1) is 0 Å². The highest BCUT2D eigenvalue weighted by Gasteiger charge is 2.44. The second-order valence-corrected chi connectivity index (χ2v) is 10.9. The standard InChI is InChI=1S/C27H45N3O4/c1-11-19(5)21(29-25(33)34-26(6,7)8)24(32)30(27(9,10)12-2)22(23(31)28-18(3)4)20-16-14-13-15-17-20/h13-19,21-22H,11-12H2,1-10H3,(H,28,31)(H,29,33). The Morgan fingerprint density at radius 2 is 1.50 bits per heavy atom. The Hall–Kier alpha value is -2.57. The van der Waals surface area contributed by atoms with Crippen molar-refractivity contribution >= 4 is 17.9 Å². The molecule has 1 aromatic carbocycles. The maximum absolute atomic E-state index is 14.2. The predicted octanol–water partition coefficient (Wildman–Crippen LogP) is 5.21. The summed E-state index contributed by atoms with van der Waals surface area (Å²) >= 11 is 0. The third-order valence-corrected chi connectivity index (χ3v) is 5.96. The van der Waals surface area contributed by atoms with Crippen molar-refractivity contribution in [3.05, 3.63) is 35.9 Å². The van der Waals surface area contributed by atoms with E-state index in [1.165, 1.54) is 0 Å². The lowest BCUT2D eigenvalue weighted by molar-refractivity contribution is -0.150. The molecule has 1 rings (SSSR count). The molecule has 0 aliphatic carbocycles. The van der Waals surface area contributed by atoms with E-state index < -0.39 is 29.3 Å². The van der Waals surface area contributed by atoms with Gasteiger partial charge < -0.3 is 20.3 Å². The van der Waals surface area contributed by atoms with Gasteiger partial charge in [-0.25, -0.2) is 4.79 Å². The van der Waals surface area contributed by atoms with Crippen LogP contribution in [0.2, 0.25) is 0 Å². The average Bonchev–Trinajstić information content (AvgIpc) is 2.73. The minimum atomic E-state index is -0.849. The van der Waals surface area contributed by atoms with E-state index in [9.17, 15) is 14.4 Å². The second-order valence-electron chi connectivity index (χ2n) is 10.9. The van der Waals surface area contributed by atoms with Gasteiger partial charge in [-0.1, -0.05) is 57.5 Å². The van der Waals surface area contributed by atoms with E-state index in [4.69, 9.17) is 4.74 Å². The fourth-order valence-electron chi connectivity index (χ4n) is 3.63. The zero-order chi connectivity index (χ0) is 26.3. The highest BCUT2D eigenvalue weighted by Crippen LogP contribution is 2.33. The molecule has 3 atom stereocenters. The van der Waals surface area contributed by atoms with E-state index in [1.54, 1.807) is 25.7 Å². The van der Waals surface area contributed by atoms with E-state index in [1.807, 2.05) is 78.8 Å². The summed E-state index contributed by atoms with van der Waals surface area (Å²) in [6.45, 7) is 18.9. The van der Waals surface area contributed by atoms with Gasteiger partial charge in [0, 0.05) is 11.6 Å². The molecule has 7 nitrogen and oxygen atoms in total. The Balaban J connectivity index is 3.60. The molecule has 0 aliphatic rings. The molecule has 7 heteroatoms. The first kappa shape index (κ1) is 29.5. The highest BCUT2D eigenvalue weighted by atomic mass is 16.6. The van der Waals surface area contributed by atoms with E-state index in [-0.39, 0.29) is 23.8 Å². The van der Waals surface area contributed by atoms with Crippen molar-refractivity contribution in [2.45, 2.75) is 111 Å². The Labute approximate surface area is 206 Å². The van der Waals surface area contributed by atoms with Crippen LogP contribution in [0.25, 0.3) is 0 Å². The molecule has 1 aromatic rings. The molecule has 0 aliphatic heterocycles. The van der Waals surface area contributed by atoms with E-state index >= 15 is 0 Å². The third-order valence-electron chi connectivity index (χ3n) is 5.96. The van der Waals surface area contributed by atoms with Crippen LogP contribution in [0, 0.1) is 5.92 Å². The zero-order valence-electron chi connectivity index (χ0n) is 22.7. The Morgan fingerprint density at radius 3 is 1.94 bits per heavy atom. The van der Waals surface area contributed by atoms with E-state index in [2.05, 4.69) is 10.6 Å². The van der Waals surface area contributed by atoms with Crippen LogP contribution in [-0.2, 0) is 14.3 Å². The molecule has 0 heterocycles. The van der Waals surface area contributed by atoms with Crippen molar-refractivity contribution in [3.63, 3.8) is 0 Å². The summed E-state index contributed by atoms with van der Waals surface area (Å²) in [4.78, 5) is 42.1. The molecule has 3 unspecified atom stereocenters. The highest BCUT2D eigenvalue weighted by molar-refractivity contribution is 5.93. The molecule has 2 N–H and O–H groups in total. The maximum atomic E-state index is 14.2. The van der Waals surface area contributed by atoms with Crippen molar-refractivity contribution < 1.29 is 19.1 Å². The number of nitrogens with zero attached hydrogens (tertiary/aromatic N) is 1. The average molecular weight is 476 g/mol. The fraction of sp³-hybridized carbons (Fsp3) is 0.667. The van der Waals surface area contributed by atoms with Crippen LogP contribution in [0.3, 0.4) is 0 Å². The quantitative estimate of drug-likeness (QED) is 0.486. The van der Waals surface area contributed by atoms with Gasteiger partial charge >= 0.3 is 6.09 Å². The predicted molar refractivity (Wildman–Crippen MR) is 136 cm³/mol. The fourth-order valence-corrected chi connectivity index (χ4v) is 3.63. The minimum Gasteiger partial charge on any atom is -0.444 e. The van der Waals surface area contributed by atoms with Crippen LogP contribution in [-0.4, -0.2) is 46.0 Å². The monoisotopic (exact) mass is 475 g/mol. The van der Waals surface area contributed by atoms with Gasteiger partial charge in [0.2, 0.25) is 11.8 Å². The number of rotatable bonds is 10. The minimum absolute atomic E-state index is 0.0920. The lowest BCUT2D eigenvalue weighted by Crippen LogP contribution is -2.61. The number of carbonyl (C=O) groups is 3. The Kier molecular flexibility index (Phi) is 10.6. The molecule has 0 saturated heterocycles. The van der Waals surface area contributed by atoms with Crippen molar-refractivity contribution in [2.75, 3.05) is 0 Å². The number of hydrogen-bond acceptors (Lipinski definition) is 4. The lowest BCUT2D eigenvalue weighted by atomic mass is 9.89. The molecule has 0 radical (unpaired) electrons. The summed E-state index contributed by atoms with van der Waals surface area (Å²) in [6.07, 6.45) is 0.639. The Bertz CT molecular complexity index is 815. The molecule has 0 saturated carbocycles. The number of hydrogen-bond donors (Lipinski definition) is 2. The molecule has 34 heavy (non-hydrogen) atoms. The van der Waals surface area contributed by atoms with Gasteiger partial charge in [0.05, 0.1) is 0 Å².